The molecule has 0 aliphatic carbocycles. The van der Waals surface area contributed by atoms with Crippen LogP contribution >= 0.6 is 0 Å². The van der Waals surface area contributed by atoms with Crippen molar-refractivity contribution in [1.29, 1.82) is 0 Å². The summed E-state index contributed by atoms with van der Waals surface area (Å²) >= 11 is 0. The molecule has 0 aromatic heterocycles. The van der Waals surface area contributed by atoms with Crippen LogP contribution in [0.3, 0.4) is 0 Å². The van der Waals surface area contributed by atoms with Gasteiger partial charge in [-0.05, 0) is 64.2 Å². The number of ether oxygens (including phenoxy) is 2. The van der Waals surface area contributed by atoms with Crippen molar-refractivity contribution in [2.75, 3.05) is 0 Å². The van der Waals surface area contributed by atoms with Crippen molar-refractivity contribution >= 4 is 34.6 Å². The average molecular weight is 440 g/mol. The summed E-state index contributed by atoms with van der Waals surface area (Å²) in [6.45, 7) is 8.88. The van der Waals surface area contributed by atoms with E-state index in [9.17, 15) is 14.4 Å². The molecular formula is C28H24O5. The van der Waals surface area contributed by atoms with Gasteiger partial charge in [-0.2, -0.15) is 0 Å². The molecule has 5 nitrogen and oxygen atoms in total. The number of fused-ring (bicyclic) bond motifs is 1. The molecule has 5 heteroatoms. The Hall–Kier alpha value is -4.25. The van der Waals surface area contributed by atoms with Gasteiger partial charge in [0.25, 0.3) is 0 Å². The summed E-state index contributed by atoms with van der Waals surface area (Å²) in [6, 6.07) is 18.3. The Labute approximate surface area is 192 Å². The monoisotopic (exact) mass is 440 g/mol. The van der Waals surface area contributed by atoms with Crippen molar-refractivity contribution in [2.24, 2.45) is 0 Å². The van der Waals surface area contributed by atoms with E-state index in [1.165, 1.54) is 6.08 Å². The van der Waals surface area contributed by atoms with E-state index in [-0.39, 0.29) is 12.4 Å². The van der Waals surface area contributed by atoms with E-state index in [1.807, 2.05) is 48.5 Å². The van der Waals surface area contributed by atoms with Gasteiger partial charge in [0, 0.05) is 18.6 Å². The molecule has 0 N–H and O–H groups in total. The van der Waals surface area contributed by atoms with Gasteiger partial charge in [0.2, 0.25) is 0 Å². The van der Waals surface area contributed by atoms with Crippen LogP contribution in [0.15, 0.2) is 91.5 Å². The first-order chi connectivity index (χ1) is 15.8. The molecule has 0 saturated carbocycles. The van der Waals surface area contributed by atoms with Crippen molar-refractivity contribution in [3.63, 3.8) is 0 Å². The van der Waals surface area contributed by atoms with E-state index in [0.29, 0.717) is 17.7 Å². The van der Waals surface area contributed by atoms with Crippen LogP contribution in [-0.4, -0.2) is 17.7 Å². The van der Waals surface area contributed by atoms with Gasteiger partial charge in [-0.25, -0.2) is 9.59 Å². The van der Waals surface area contributed by atoms with E-state index < -0.39 is 11.9 Å². The largest absolute Gasteiger partial charge is 0.458 e. The minimum absolute atomic E-state index is 0.00427. The van der Waals surface area contributed by atoms with Crippen molar-refractivity contribution in [3.8, 4) is 5.75 Å². The molecule has 0 heterocycles. The van der Waals surface area contributed by atoms with Crippen molar-refractivity contribution in [3.05, 3.63) is 108 Å². The Balaban J connectivity index is 1.60. The maximum Gasteiger partial charge on any atom is 0.336 e. The molecule has 0 bridgehead atoms. The highest BCUT2D eigenvalue weighted by Crippen LogP contribution is 2.23. The van der Waals surface area contributed by atoms with Crippen LogP contribution in [-0.2, 0) is 32.1 Å². The molecule has 0 spiro atoms. The average Bonchev–Trinajstić information content (AvgIpc) is 2.81. The zero-order chi connectivity index (χ0) is 23.8. The second kappa shape index (κ2) is 10.9. The first-order valence-corrected chi connectivity index (χ1v) is 10.3. The summed E-state index contributed by atoms with van der Waals surface area (Å²) in [5, 5.41) is 1.82. The molecule has 0 aliphatic rings. The van der Waals surface area contributed by atoms with Gasteiger partial charge in [-0.3, -0.25) is 4.79 Å². The first kappa shape index (κ1) is 23.4. The Morgan fingerprint density at radius 1 is 0.879 bits per heavy atom. The predicted octanol–water partition coefficient (Wildman–Crippen LogP) is 5.38. The van der Waals surface area contributed by atoms with Crippen molar-refractivity contribution in [2.45, 2.75) is 20.0 Å². The lowest BCUT2D eigenvalue weighted by molar-refractivity contribution is -0.139. The third-order valence-electron chi connectivity index (χ3n) is 4.87. The third kappa shape index (κ3) is 6.87. The third-order valence-corrected chi connectivity index (χ3v) is 4.87. The lowest BCUT2D eigenvalue weighted by atomic mass is 10.0. The van der Waals surface area contributed by atoms with E-state index in [1.54, 1.807) is 25.1 Å². The summed E-state index contributed by atoms with van der Waals surface area (Å²) in [6.07, 6.45) is 4.45. The second-order valence-electron chi connectivity index (χ2n) is 7.53. The topological polar surface area (TPSA) is 69.7 Å². The van der Waals surface area contributed by atoms with Crippen LogP contribution in [0.5, 0.6) is 5.75 Å². The zero-order valence-electron chi connectivity index (χ0n) is 18.4. The van der Waals surface area contributed by atoms with E-state index in [4.69, 9.17) is 9.47 Å². The van der Waals surface area contributed by atoms with Gasteiger partial charge in [-0.15, -0.1) is 0 Å². The Morgan fingerprint density at radius 2 is 1.55 bits per heavy atom. The SMILES string of the molecule is C=CC(=O)OCc1ccc2cc(OC(=O)/C=C/c3ccc(CC(=O)C(=C)C)cc3)ccc2c1. The van der Waals surface area contributed by atoms with Gasteiger partial charge in [0.15, 0.2) is 5.78 Å². The maximum atomic E-state index is 12.2. The fraction of sp³-hybridized carbons (Fsp3) is 0.107. The highest BCUT2D eigenvalue weighted by atomic mass is 16.5. The molecule has 0 atom stereocenters. The van der Waals surface area contributed by atoms with Crippen LogP contribution in [0.4, 0.5) is 0 Å². The number of allylic oxidation sites excluding steroid dienone is 1. The van der Waals surface area contributed by atoms with E-state index >= 15 is 0 Å². The smallest absolute Gasteiger partial charge is 0.336 e. The van der Waals surface area contributed by atoms with Crippen LogP contribution in [0, 0.1) is 0 Å². The van der Waals surface area contributed by atoms with Crippen molar-refractivity contribution < 1.29 is 23.9 Å². The summed E-state index contributed by atoms with van der Waals surface area (Å²) in [4.78, 5) is 35.2. The standard InChI is InChI=1S/C28H24O5/c1-4-27(30)32-18-22-9-11-24-17-25(13-12-23(24)15-22)33-28(31)14-10-20-5-7-21(8-6-20)16-26(29)19(2)3/h4-15,17H,1-2,16,18H2,3H3/b14-10+. The molecule has 3 aromatic carbocycles. The van der Waals surface area contributed by atoms with Crippen LogP contribution in [0.2, 0.25) is 0 Å². The second-order valence-corrected chi connectivity index (χ2v) is 7.53. The molecule has 0 amide bonds. The number of benzene rings is 3. The van der Waals surface area contributed by atoms with Crippen LogP contribution in [0.1, 0.15) is 23.6 Å². The maximum absolute atomic E-state index is 12.2. The van der Waals surface area contributed by atoms with E-state index in [2.05, 4.69) is 13.2 Å². The number of hydrogen-bond acceptors (Lipinski definition) is 5. The number of Topliss-reactive ketones (excluding diaryl/α,β-unsaturated/α-hetero) is 1. The molecule has 3 aromatic rings. The van der Waals surface area contributed by atoms with Gasteiger partial charge in [0.05, 0.1) is 0 Å². The Kier molecular flexibility index (Phi) is 7.71. The van der Waals surface area contributed by atoms with Gasteiger partial charge < -0.3 is 9.47 Å². The quantitative estimate of drug-likeness (QED) is 0.254. The molecule has 0 saturated heterocycles. The zero-order valence-corrected chi connectivity index (χ0v) is 18.4. The molecule has 166 valence electrons. The Morgan fingerprint density at radius 3 is 2.24 bits per heavy atom. The van der Waals surface area contributed by atoms with Gasteiger partial charge in [0.1, 0.15) is 12.4 Å². The molecule has 3 rings (SSSR count). The number of rotatable bonds is 9. The minimum atomic E-state index is -0.496. The summed E-state index contributed by atoms with van der Waals surface area (Å²) in [5.74, 6) is -0.538. The lowest BCUT2D eigenvalue weighted by Gasteiger charge is -2.06. The predicted molar refractivity (Wildman–Crippen MR) is 129 cm³/mol. The van der Waals surface area contributed by atoms with Crippen LogP contribution in [0.25, 0.3) is 16.8 Å². The number of carbonyl (C=O) groups is 3. The molecule has 0 fully saturated rings. The normalized spacial score (nSPS) is 10.7. The van der Waals surface area contributed by atoms with Crippen molar-refractivity contribution in [1.82, 2.24) is 0 Å². The molecular weight excluding hydrogens is 416 g/mol. The summed E-state index contributed by atoms with van der Waals surface area (Å²) < 4.78 is 10.5. The molecule has 0 radical (unpaired) electrons. The summed E-state index contributed by atoms with van der Waals surface area (Å²) in [5.41, 5.74) is 3.09. The Bertz CT molecular complexity index is 1250. The van der Waals surface area contributed by atoms with Gasteiger partial charge >= 0.3 is 11.9 Å². The first-order valence-electron chi connectivity index (χ1n) is 10.3. The molecule has 0 unspecified atom stereocenters. The highest BCUT2D eigenvalue weighted by molar-refractivity contribution is 5.95. The number of esters is 2. The fourth-order valence-corrected chi connectivity index (χ4v) is 3.04. The number of carbonyl (C=O) groups excluding carboxylic acids is 3. The van der Waals surface area contributed by atoms with E-state index in [0.717, 1.165) is 33.5 Å². The highest BCUT2D eigenvalue weighted by Gasteiger charge is 2.06. The number of ketones is 1. The van der Waals surface area contributed by atoms with Gasteiger partial charge in [-0.1, -0.05) is 55.6 Å². The summed E-state index contributed by atoms with van der Waals surface area (Å²) in [7, 11) is 0. The molecule has 33 heavy (non-hydrogen) atoms. The lowest BCUT2D eigenvalue weighted by Crippen LogP contribution is -2.04. The molecule has 0 aliphatic heterocycles. The fourth-order valence-electron chi connectivity index (χ4n) is 3.04. The minimum Gasteiger partial charge on any atom is -0.458 e. The van der Waals surface area contributed by atoms with Crippen LogP contribution < -0.4 is 4.74 Å². The number of hydrogen-bond donors (Lipinski definition) is 0.